The summed E-state index contributed by atoms with van der Waals surface area (Å²) in [7, 11) is 0. The van der Waals surface area contributed by atoms with Gasteiger partial charge in [-0.3, -0.25) is 4.57 Å². The van der Waals surface area contributed by atoms with Crippen LogP contribution in [-0.4, -0.2) is 40.7 Å². The van der Waals surface area contributed by atoms with Crippen LogP contribution in [0.25, 0.3) is 5.69 Å². The first-order valence-electron chi connectivity index (χ1n) is 9.00. The Kier molecular flexibility index (Phi) is 5.24. The van der Waals surface area contributed by atoms with Crippen molar-refractivity contribution in [2.24, 2.45) is 0 Å². The van der Waals surface area contributed by atoms with E-state index >= 15 is 0 Å². The first-order valence-corrected chi connectivity index (χ1v) is 9.41. The molecule has 1 aliphatic heterocycles. The highest BCUT2D eigenvalue weighted by Crippen LogP contribution is 2.15. The van der Waals surface area contributed by atoms with Crippen LogP contribution in [0.2, 0.25) is 0 Å². The second kappa shape index (κ2) is 7.95. The number of benzene rings is 2. The van der Waals surface area contributed by atoms with E-state index in [0.717, 1.165) is 55.7 Å². The fraction of sp³-hybridized carbons (Fsp3) is 0.300. The number of nitrogens with one attached hydrogen (secondary N) is 1. The number of para-hydroxylation sites is 1. The standard InChI is InChI=1S/C20H22N4OS/c26-20-23(16-22-11-13-25-14-12-22)21-19(15-17-7-3-1-4-8-17)24(20)18-9-5-2-6-10-18/h1-10H,11-16H2/p+1. The Morgan fingerprint density at radius 2 is 1.62 bits per heavy atom. The lowest BCUT2D eigenvalue weighted by atomic mass is 10.1. The number of aromatic nitrogens is 3. The number of rotatable bonds is 5. The molecule has 134 valence electrons. The summed E-state index contributed by atoms with van der Waals surface area (Å²) < 4.78 is 10.3. The summed E-state index contributed by atoms with van der Waals surface area (Å²) in [4.78, 5) is 1.45. The lowest BCUT2D eigenvalue weighted by molar-refractivity contribution is -0.930. The van der Waals surface area contributed by atoms with Gasteiger partial charge < -0.3 is 9.64 Å². The van der Waals surface area contributed by atoms with Crippen LogP contribution >= 0.6 is 12.2 Å². The van der Waals surface area contributed by atoms with E-state index in [4.69, 9.17) is 22.1 Å². The van der Waals surface area contributed by atoms with E-state index in [1.165, 1.54) is 10.5 Å². The van der Waals surface area contributed by atoms with E-state index in [9.17, 15) is 0 Å². The van der Waals surface area contributed by atoms with Crippen molar-refractivity contribution in [1.29, 1.82) is 0 Å². The molecule has 5 nitrogen and oxygen atoms in total. The van der Waals surface area contributed by atoms with Gasteiger partial charge in [0.25, 0.3) is 0 Å². The zero-order chi connectivity index (χ0) is 17.8. The van der Waals surface area contributed by atoms with Gasteiger partial charge >= 0.3 is 0 Å². The van der Waals surface area contributed by atoms with Crippen molar-refractivity contribution in [1.82, 2.24) is 14.3 Å². The normalized spacial score (nSPS) is 15.2. The Balaban J connectivity index is 1.71. The van der Waals surface area contributed by atoms with Gasteiger partial charge in [0.1, 0.15) is 18.9 Å². The smallest absolute Gasteiger partial charge is 0.207 e. The maximum absolute atomic E-state index is 5.80. The summed E-state index contributed by atoms with van der Waals surface area (Å²) >= 11 is 5.80. The second-order valence-corrected chi connectivity index (χ2v) is 6.92. The van der Waals surface area contributed by atoms with E-state index < -0.39 is 0 Å². The molecule has 6 heteroatoms. The van der Waals surface area contributed by atoms with E-state index in [2.05, 4.69) is 41.0 Å². The topological polar surface area (TPSA) is 36.4 Å². The maximum Gasteiger partial charge on any atom is 0.207 e. The number of quaternary nitrogens is 1. The van der Waals surface area contributed by atoms with Crippen LogP contribution in [0, 0.1) is 4.77 Å². The lowest BCUT2D eigenvalue weighted by Gasteiger charge is -2.23. The zero-order valence-corrected chi connectivity index (χ0v) is 15.5. The minimum Gasteiger partial charge on any atom is -0.370 e. The monoisotopic (exact) mass is 367 g/mol. The molecular weight excluding hydrogens is 344 g/mol. The minimum atomic E-state index is 0.751. The van der Waals surface area contributed by atoms with Crippen LogP contribution in [0.15, 0.2) is 60.7 Å². The van der Waals surface area contributed by atoms with Crippen molar-refractivity contribution in [3.8, 4) is 5.69 Å². The van der Waals surface area contributed by atoms with Gasteiger partial charge in [0, 0.05) is 12.1 Å². The fourth-order valence-electron chi connectivity index (χ4n) is 3.32. The van der Waals surface area contributed by atoms with E-state index in [0.29, 0.717) is 0 Å². The predicted molar refractivity (Wildman–Crippen MR) is 103 cm³/mol. The summed E-state index contributed by atoms with van der Waals surface area (Å²) in [6, 6.07) is 20.7. The summed E-state index contributed by atoms with van der Waals surface area (Å²) in [5.74, 6) is 0.972. The molecule has 1 fully saturated rings. The van der Waals surface area contributed by atoms with Crippen LogP contribution in [0.5, 0.6) is 0 Å². The molecule has 0 radical (unpaired) electrons. The Labute approximate surface area is 158 Å². The molecule has 0 aliphatic carbocycles. The summed E-state index contributed by atoms with van der Waals surface area (Å²) in [5, 5.41) is 4.89. The van der Waals surface area contributed by atoms with Gasteiger partial charge in [-0.2, -0.15) is 9.78 Å². The summed E-state index contributed by atoms with van der Waals surface area (Å²) in [6.45, 7) is 4.38. The number of hydrogen-bond acceptors (Lipinski definition) is 3. The first-order chi connectivity index (χ1) is 12.8. The van der Waals surface area contributed by atoms with Crippen molar-refractivity contribution in [3.63, 3.8) is 0 Å². The van der Waals surface area contributed by atoms with Crippen LogP contribution in [0.4, 0.5) is 0 Å². The molecule has 1 saturated heterocycles. The first kappa shape index (κ1) is 17.1. The minimum absolute atomic E-state index is 0.751. The summed E-state index contributed by atoms with van der Waals surface area (Å²) in [5.41, 5.74) is 2.29. The second-order valence-electron chi connectivity index (χ2n) is 6.55. The fourth-order valence-corrected chi connectivity index (χ4v) is 3.63. The molecule has 1 aliphatic rings. The number of hydrogen-bond donors (Lipinski definition) is 1. The molecule has 2 aromatic carbocycles. The van der Waals surface area contributed by atoms with Gasteiger partial charge in [-0.1, -0.05) is 48.5 Å². The van der Waals surface area contributed by atoms with Crippen LogP contribution in [-0.2, 0) is 17.8 Å². The van der Waals surface area contributed by atoms with E-state index in [-0.39, 0.29) is 0 Å². The Morgan fingerprint density at radius 3 is 2.31 bits per heavy atom. The van der Waals surface area contributed by atoms with Crippen molar-refractivity contribution >= 4 is 12.2 Å². The van der Waals surface area contributed by atoms with Crippen molar-refractivity contribution in [3.05, 3.63) is 76.8 Å². The van der Waals surface area contributed by atoms with Gasteiger partial charge in [-0.25, -0.2) is 0 Å². The van der Waals surface area contributed by atoms with E-state index in [1.807, 2.05) is 28.9 Å². The Hall–Kier alpha value is -2.28. The van der Waals surface area contributed by atoms with Crippen molar-refractivity contribution < 1.29 is 9.64 Å². The third-order valence-corrected chi connectivity index (χ3v) is 5.09. The molecule has 0 atom stereocenters. The van der Waals surface area contributed by atoms with Gasteiger partial charge in [0.15, 0.2) is 6.67 Å². The number of nitrogens with zero attached hydrogens (tertiary/aromatic N) is 3. The van der Waals surface area contributed by atoms with E-state index in [1.54, 1.807) is 0 Å². The highest BCUT2D eigenvalue weighted by molar-refractivity contribution is 7.71. The maximum atomic E-state index is 5.80. The SMILES string of the molecule is S=c1n(C[NH+]2CCOCC2)nc(Cc2ccccc2)n1-c1ccccc1. The molecule has 0 spiro atoms. The molecule has 4 rings (SSSR count). The molecule has 1 N–H and O–H groups in total. The molecule has 0 saturated carbocycles. The largest absolute Gasteiger partial charge is 0.370 e. The summed E-state index contributed by atoms with van der Waals surface area (Å²) in [6.07, 6.45) is 0.755. The average Bonchev–Trinajstić information content (AvgIpc) is 2.99. The molecule has 3 aromatic rings. The van der Waals surface area contributed by atoms with Crippen molar-refractivity contribution in [2.45, 2.75) is 13.1 Å². The van der Waals surface area contributed by atoms with Gasteiger partial charge in [-0.15, -0.1) is 0 Å². The third kappa shape index (κ3) is 3.77. The third-order valence-electron chi connectivity index (χ3n) is 4.70. The quantitative estimate of drug-likeness (QED) is 0.700. The van der Waals surface area contributed by atoms with Crippen LogP contribution in [0.1, 0.15) is 11.4 Å². The van der Waals surface area contributed by atoms with Crippen molar-refractivity contribution in [2.75, 3.05) is 26.3 Å². The molecule has 0 unspecified atom stereocenters. The Bertz CT molecular complexity index is 899. The number of ether oxygens (including phenoxy) is 1. The molecule has 0 bridgehead atoms. The molecule has 0 amide bonds. The molecule has 2 heterocycles. The average molecular weight is 367 g/mol. The highest BCUT2D eigenvalue weighted by Gasteiger charge is 2.19. The number of morpholine rings is 1. The molecule has 1 aromatic heterocycles. The Morgan fingerprint density at radius 1 is 0.962 bits per heavy atom. The zero-order valence-electron chi connectivity index (χ0n) is 14.7. The van der Waals surface area contributed by atoms with Gasteiger partial charge in [0.05, 0.1) is 13.2 Å². The van der Waals surface area contributed by atoms with Crippen LogP contribution in [0.3, 0.4) is 0 Å². The van der Waals surface area contributed by atoms with Gasteiger partial charge in [-0.05, 0) is 29.9 Å². The van der Waals surface area contributed by atoms with Crippen LogP contribution < -0.4 is 4.90 Å². The van der Waals surface area contributed by atoms with Gasteiger partial charge in [0.2, 0.25) is 4.77 Å². The lowest BCUT2D eigenvalue weighted by Crippen LogP contribution is -3.13. The highest BCUT2D eigenvalue weighted by atomic mass is 32.1. The molecule has 26 heavy (non-hydrogen) atoms. The predicted octanol–water partition coefficient (Wildman–Crippen LogP) is 1.87. The molecular formula is C20H23N4OS+.